The Morgan fingerprint density at radius 1 is 1.25 bits per heavy atom. The summed E-state index contributed by atoms with van der Waals surface area (Å²) in [5.41, 5.74) is 2.27. The standard InChI is InChI=1S/C13H10NO2/c15-12-7-3-4-9-8-14(16)11-6-2-1-5-10(11)13(9)12/h1-6,8,11H,7H2/q+1. The third-order valence-corrected chi connectivity index (χ3v) is 3.00. The van der Waals surface area contributed by atoms with Crippen LogP contribution < -0.4 is 0 Å². The molecule has 0 aromatic rings. The Bertz CT molecular complexity index is 544. The summed E-state index contributed by atoms with van der Waals surface area (Å²) in [6.45, 7) is 0. The Balaban J connectivity index is 2.25. The Morgan fingerprint density at radius 2 is 2.12 bits per heavy atom. The molecule has 16 heavy (non-hydrogen) atoms. The highest BCUT2D eigenvalue weighted by atomic mass is 16.3. The molecule has 1 aliphatic heterocycles. The molecule has 1 unspecified atom stereocenters. The molecule has 0 N–H and O–H groups in total. The molecular weight excluding hydrogens is 202 g/mol. The second-order valence-electron chi connectivity index (χ2n) is 3.99. The second kappa shape index (κ2) is 3.23. The van der Waals surface area contributed by atoms with Crippen molar-refractivity contribution in [1.29, 1.82) is 0 Å². The van der Waals surface area contributed by atoms with Gasteiger partial charge in [0.15, 0.2) is 5.78 Å². The van der Waals surface area contributed by atoms with Crippen LogP contribution in [0.3, 0.4) is 0 Å². The van der Waals surface area contributed by atoms with Crippen LogP contribution in [-0.2, 0) is 4.79 Å². The van der Waals surface area contributed by atoms with Crippen molar-refractivity contribution in [3.8, 4) is 0 Å². The molecule has 0 saturated heterocycles. The van der Waals surface area contributed by atoms with Crippen LogP contribution >= 0.6 is 0 Å². The van der Waals surface area contributed by atoms with E-state index in [0.717, 1.165) is 15.9 Å². The number of hydrogen-bond acceptors (Lipinski definition) is 2. The maximum atomic E-state index is 11.9. The van der Waals surface area contributed by atoms with Gasteiger partial charge in [0.25, 0.3) is 6.04 Å². The van der Waals surface area contributed by atoms with Gasteiger partial charge in [0.1, 0.15) is 0 Å². The zero-order chi connectivity index (χ0) is 11.1. The van der Waals surface area contributed by atoms with E-state index in [1.54, 1.807) is 6.08 Å². The molecule has 1 atom stereocenters. The van der Waals surface area contributed by atoms with E-state index in [9.17, 15) is 9.70 Å². The minimum atomic E-state index is -0.334. The van der Waals surface area contributed by atoms with Gasteiger partial charge < -0.3 is 0 Å². The summed E-state index contributed by atoms with van der Waals surface area (Å²) < 4.78 is 0.900. The van der Waals surface area contributed by atoms with Gasteiger partial charge >= 0.3 is 0 Å². The number of hydrogen-bond donors (Lipinski definition) is 0. The van der Waals surface area contributed by atoms with Crippen molar-refractivity contribution in [2.75, 3.05) is 0 Å². The highest BCUT2D eigenvalue weighted by molar-refractivity contribution is 6.04. The van der Waals surface area contributed by atoms with Gasteiger partial charge in [-0.1, -0.05) is 30.4 Å². The smallest absolute Gasteiger partial charge is 0.251 e. The molecule has 0 aromatic heterocycles. The van der Waals surface area contributed by atoms with Crippen LogP contribution in [0.5, 0.6) is 0 Å². The van der Waals surface area contributed by atoms with E-state index in [0.29, 0.717) is 12.0 Å². The van der Waals surface area contributed by atoms with E-state index < -0.39 is 0 Å². The van der Waals surface area contributed by atoms with Crippen molar-refractivity contribution in [3.63, 3.8) is 0 Å². The normalized spacial score (nSPS) is 26.8. The fraction of sp³-hybridized carbons (Fsp3) is 0.154. The highest BCUT2D eigenvalue weighted by Crippen LogP contribution is 2.32. The third-order valence-electron chi connectivity index (χ3n) is 3.00. The molecule has 78 valence electrons. The van der Waals surface area contributed by atoms with Gasteiger partial charge in [0.2, 0.25) is 6.20 Å². The fourth-order valence-corrected chi connectivity index (χ4v) is 2.28. The molecule has 0 amide bonds. The van der Waals surface area contributed by atoms with Crippen LogP contribution in [-0.4, -0.2) is 16.6 Å². The van der Waals surface area contributed by atoms with Gasteiger partial charge in [-0.25, -0.2) is 0 Å². The van der Waals surface area contributed by atoms with Crippen molar-refractivity contribution >= 4 is 5.78 Å². The maximum Gasteiger partial charge on any atom is 0.251 e. The van der Waals surface area contributed by atoms with E-state index in [1.807, 2.05) is 30.4 Å². The lowest BCUT2D eigenvalue weighted by molar-refractivity contribution is -0.500. The van der Waals surface area contributed by atoms with Crippen LogP contribution in [0.25, 0.3) is 0 Å². The number of carbonyl (C=O) groups is 1. The van der Waals surface area contributed by atoms with Gasteiger partial charge in [0, 0.05) is 27.2 Å². The zero-order valence-corrected chi connectivity index (χ0v) is 8.59. The second-order valence-corrected chi connectivity index (χ2v) is 3.99. The van der Waals surface area contributed by atoms with Crippen LogP contribution in [0, 0.1) is 4.91 Å². The molecular formula is C13H10NO2+. The molecule has 3 nitrogen and oxygen atoms in total. The van der Waals surface area contributed by atoms with Gasteiger partial charge in [0.05, 0.1) is 5.57 Å². The Kier molecular flexibility index (Phi) is 1.86. The highest BCUT2D eigenvalue weighted by Gasteiger charge is 2.37. The molecule has 3 rings (SSSR count). The lowest BCUT2D eigenvalue weighted by atomic mass is 9.84. The van der Waals surface area contributed by atoms with Crippen LogP contribution in [0.2, 0.25) is 0 Å². The third kappa shape index (κ3) is 1.18. The number of Topliss-reactive ketones (excluding diaryl/α,β-unsaturated/α-hetero) is 1. The SMILES string of the molecule is O=C1CC=CC2=C[N+](=O)C3C=CC=CC3=C12. The quantitative estimate of drug-likeness (QED) is 0.576. The first-order valence-electron chi connectivity index (χ1n) is 5.24. The van der Waals surface area contributed by atoms with Gasteiger partial charge in [-0.05, 0) is 6.08 Å². The first kappa shape index (κ1) is 9.21. The summed E-state index contributed by atoms with van der Waals surface area (Å²) in [6, 6.07) is -0.334. The van der Waals surface area contributed by atoms with E-state index in [2.05, 4.69) is 0 Å². The molecule has 0 saturated carbocycles. The average Bonchev–Trinajstić information content (AvgIpc) is 2.29. The summed E-state index contributed by atoms with van der Waals surface area (Å²) in [4.78, 5) is 23.6. The van der Waals surface area contributed by atoms with Crippen molar-refractivity contribution in [2.45, 2.75) is 12.5 Å². The molecule has 3 aliphatic rings. The number of nitroso groups, excluding NO2 is 1. The Morgan fingerprint density at radius 3 is 3.00 bits per heavy atom. The van der Waals surface area contributed by atoms with Crippen LogP contribution in [0.15, 0.2) is 59.4 Å². The Hall–Kier alpha value is -2.03. The number of fused-ring (bicyclic) bond motifs is 2. The molecule has 0 bridgehead atoms. The first-order valence-corrected chi connectivity index (χ1v) is 5.24. The fourth-order valence-electron chi connectivity index (χ4n) is 2.28. The van der Waals surface area contributed by atoms with E-state index >= 15 is 0 Å². The van der Waals surface area contributed by atoms with Crippen LogP contribution in [0.4, 0.5) is 0 Å². The predicted octanol–water partition coefficient (Wildman–Crippen LogP) is 1.98. The van der Waals surface area contributed by atoms with Crippen molar-refractivity contribution in [1.82, 2.24) is 0 Å². The summed E-state index contributed by atoms with van der Waals surface area (Å²) in [7, 11) is 0. The molecule has 2 aliphatic carbocycles. The molecule has 0 fully saturated rings. The lowest BCUT2D eigenvalue weighted by Gasteiger charge is -2.20. The minimum absolute atomic E-state index is 0.0989. The van der Waals surface area contributed by atoms with E-state index in [4.69, 9.17) is 0 Å². The number of nitrogens with zero attached hydrogens (tertiary/aromatic N) is 1. The molecule has 0 spiro atoms. The first-order chi connectivity index (χ1) is 7.77. The van der Waals surface area contributed by atoms with Gasteiger partial charge in [-0.3, -0.25) is 4.79 Å². The molecule has 1 heterocycles. The zero-order valence-electron chi connectivity index (χ0n) is 8.59. The van der Waals surface area contributed by atoms with E-state index in [1.165, 1.54) is 6.20 Å². The van der Waals surface area contributed by atoms with Gasteiger partial charge in [-0.15, -0.1) is 0 Å². The Labute approximate surface area is 92.7 Å². The minimum Gasteiger partial charge on any atom is -0.294 e. The molecule has 3 heteroatoms. The summed E-state index contributed by atoms with van der Waals surface area (Å²) in [5.74, 6) is 0.0989. The van der Waals surface area contributed by atoms with Crippen LogP contribution in [0.1, 0.15) is 6.42 Å². The van der Waals surface area contributed by atoms with Crippen molar-refractivity contribution in [2.24, 2.45) is 0 Å². The van der Waals surface area contributed by atoms with E-state index in [-0.39, 0.29) is 11.8 Å². The number of allylic oxidation sites excluding steroid dienone is 6. The summed E-state index contributed by atoms with van der Waals surface area (Å²) in [6.07, 6.45) is 12.9. The number of ketones is 1. The van der Waals surface area contributed by atoms with Crippen molar-refractivity contribution < 1.29 is 9.55 Å². The van der Waals surface area contributed by atoms with Gasteiger partial charge in [-0.2, -0.15) is 0 Å². The number of carbonyl (C=O) groups excluding carboxylic acids is 1. The number of rotatable bonds is 0. The predicted molar refractivity (Wildman–Crippen MR) is 59.6 cm³/mol. The lowest BCUT2D eigenvalue weighted by Crippen LogP contribution is -2.29. The van der Waals surface area contributed by atoms with Crippen molar-refractivity contribution in [3.05, 3.63) is 64.3 Å². The summed E-state index contributed by atoms with van der Waals surface area (Å²) in [5, 5.41) is 0. The summed E-state index contributed by atoms with van der Waals surface area (Å²) >= 11 is 0. The molecule has 0 aromatic carbocycles. The molecule has 0 radical (unpaired) electrons. The average molecular weight is 212 g/mol. The monoisotopic (exact) mass is 212 g/mol. The maximum absolute atomic E-state index is 11.9. The topological polar surface area (TPSA) is 37.1 Å². The largest absolute Gasteiger partial charge is 0.294 e.